The number of hydrogen-bond donors (Lipinski definition) is 0. The molecule has 8 nitrogen and oxygen atoms in total. The zero-order valence-electron chi connectivity index (χ0n) is 14.4. The summed E-state index contributed by atoms with van der Waals surface area (Å²) in [6, 6.07) is 0. The number of carbonyl (C=O) groups excluding carboxylic acids is 4. The van der Waals surface area contributed by atoms with Crippen LogP contribution in [0.3, 0.4) is 0 Å². The Balaban J connectivity index is 3.52. The molecule has 0 radical (unpaired) electrons. The topological polar surface area (TPSA) is 118 Å². The molecule has 0 fully saturated rings. The highest BCUT2D eigenvalue weighted by atomic mass is 16.1. The second-order valence-electron chi connectivity index (χ2n) is 5.60. The van der Waals surface area contributed by atoms with E-state index in [0.717, 1.165) is 57.8 Å². The average Bonchev–Trinajstić information content (AvgIpc) is 2.60. The van der Waals surface area contributed by atoms with Crippen molar-refractivity contribution < 1.29 is 19.2 Å². The fourth-order valence-electron chi connectivity index (χ4n) is 2.45. The van der Waals surface area contributed by atoms with E-state index in [1.807, 2.05) is 0 Å². The van der Waals surface area contributed by atoms with Crippen LogP contribution in [0.2, 0.25) is 0 Å². The van der Waals surface area contributed by atoms with E-state index in [1.165, 1.54) is 24.3 Å². The lowest BCUT2D eigenvalue weighted by atomic mass is 10.0. The van der Waals surface area contributed by atoms with E-state index in [-0.39, 0.29) is 0 Å². The molecule has 0 aromatic rings. The minimum Gasteiger partial charge on any atom is -0.211 e. The van der Waals surface area contributed by atoms with Crippen molar-refractivity contribution in [3.05, 3.63) is 0 Å². The summed E-state index contributed by atoms with van der Waals surface area (Å²) in [5.74, 6) is 0. The Hall–Kier alpha value is -2.48. The molecule has 0 N–H and O–H groups in total. The van der Waals surface area contributed by atoms with Gasteiger partial charge in [-0.25, -0.2) is 19.2 Å². The predicted molar refractivity (Wildman–Crippen MR) is 90.8 cm³/mol. The second kappa shape index (κ2) is 17.9. The van der Waals surface area contributed by atoms with Crippen molar-refractivity contribution in [3.63, 3.8) is 0 Å². The van der Waals surface area contributed by atoms with Crippen LogP contribution in [-0.4, -0.2) is 36.7 Å². The number of hydrogen-bond acceptors (Lipinski definition) is 8. The van der Waals surface area contributed by atoms with Crippen LogP contribution in [0.5, 0.6) is 0 Å². The monoisotopic (exact) mass is 348 g/mol. The summed E-state index contributed by atoms with van der Waals surface area (Å²) in [5, 5.41) is 0. The Bertz CT molecular complexity index is 457. The summed E-state index contributed by atoms with van der Waals surface area (Å²) in [6.45, 7) is 0. The van der Waals surface area contributed by atoms with Crippen molar-refractivity contribution in [1.82, 2.24) is 0 Å². The van der Waals surface area contributed by atoms with Gasteiger partial charge in [0.15, 0.2) is 12.3 Å². The molecule has 0 aliphatic carbocycles. The molecule has 8 heteroatoms. The molecule has 0 bridgehead atoms. The van der Waals surface area contributed by atoms with Crippen molar-refractivity contribution in [2.75, 3.05) is 0 Å². The molecule has 0 aliphatic heterocycles. The quantitative estimate of drug-likeness (QED) is 0.241. The van der Waals surface area contributed by atoms with Crippen molar-refractivity contribution >= 4 is 24.3 Å². The van der Waals surface area contributed by atoms with Gasteiger partial charge in [0.25, 0.3) is 0 Å². The smallest absolute Gasteiger partial charge is 0.211 e. The molecule has 25 heavy (non-hydrogen) atoms. The van der Waals surface area contributed by atoms with Gasteiger partial charge in [-0.15, -0.1) is 0 Å². The van der Waals surface area contributed by atoms with Gasteiger partial charge in [0.1, 0.15) is 0 Å². The van der Waals surface area contributed by atoms with Crippen molar-refractivity contribution in [2.24, 2.45) is 20.0 Å². The van der Waals surface area contributed by atoms with Crippen LogP contribution in [-0.2, 0) is 19.2 Å². The van der Waals surface area contributed by atoms with Crippen LogP contribution in [0.25, 0.3) is 0 Å². The van der Waals surface area contributed by atoms with Crippen molar-refractivity contribution in [2.45, 2.75) is 83.0 Å². The minimum absolute atomic E-state index is 0.568. The third-order valence-electron chi connectivity index (χ3n) is 3.73. The van der Waals surface area contributed by atoms with Crippen LogP contribution in [0.15, 0.2) is 20.0 Å². The molecule has 0 saturated carbocycles. The first-order valence-electron chi connectivity index (χ1n) is 8.56. The summed E-state index contributed by atoms with van der Waals surface area (Å²) in [4.78, 5) is 54.3. The lowest BCUT2D eigenvalue weighted by molar-refractivity contribution is 0.506. The molecule has 0 saturated heterocycles. The Morgan fingerprint density at radius 3 is 0.920 bits per heavy atom. The molecular weight excluding hydrogens is 324 g/mol. The SMILES string of the molecule is O=C=NC(CCCCCCCCCCCC(N=C=O)N=C=O)N=C=O. The zero-order valence-corrected chi connectivity index (χ0v) is 14.4. The van der Waals surface area contributed by atoms with Crippen LogP contribution < -0.4 is 0 Å². The van der Waals surface area contributed by atoms with Crippen LogP contribution in [0, 0.1) is 0 Å². The normalized spacial score (nSPS) is 11.8. The first kappa shape index (κ1) is 22.5. The maximum absolute atomic E-state index is 10.1. The fraction of sp³-hybridized carbons (Fsp3) is 0.765. The first-order valence-corrected chi connectivity index (χ1v) is 8.56. The highest BCUT2D eigenvalue weighted by molar-refractivity contribution is 5.37. The third kappa shape index (κ3) is 14.8. The van der Waals surface area contributed by atoms with Gasteiger partial charge in [-0.05, 0) is 25.7 Å². The predicted octanol–water partition coefficient (Wildman–Crippen LogP) is 3.27. The van der Waals surface area contributed by atoms with E-state index in [1.54, 1.807) is 0 Å². The molecule has 0 heterocycles. The number of isocyanates is 4. The Labute approximate surface area is 147 Å². The number of rotatable bonds is 16. The summed E-state index contributed by atoms with van der Waals surface area (Å²) < 4.78 is 0. The van der Waals surface area contributed by atoms with Gasteiger partial charge in [0.2, 0.25) is 24.3 Å². The summed E-state index contributed by atoms with van der Waals surface area (Å²) in [6.07, 6.45) is 14.8. The summed E-state index contributed by atoms with van der Waals surface area (Å²) in [7, 11) is 0. The molecular formula is C17H24N4O4. The first-order chi connectivity index (χ1) is 12.3. The van der Waals surface area contributed by atoms with Crippen LogP contribution in [0.4, 0.5) is 0 Å². The fourth-order valence-corrected chi connectivity index (χ4v) is 2.45. The van der Waals surface area contributed by atoms with E-state index >= 15 is 0 Å². The maximum Gasteiger partial charge on any atom is 0.237 e. The van der Waals surface area contributed by atoms with E-state index in [4.69, 9.17) is 0 Å². The Morgan fingerprint density at radius 1 is 0.440 bits per heavy atom. The van der Waals surface area contributed by atoms with E-state index in [9.17, 15) is 19.2 Å². The van der Waals surface area contributed by atoms with Gasteiger partial charge < -0.3 is 0 Å². The molecule has 0 unspecified atom stereocenters. The second-order valence-corrected chi connectivity index (χ2v) is 5.60. The van der Waals surface area contributed by atoms with Gasteiger partial charge in [0.05, 0.1) is 0 Å². The molecule has 0 amide bonds. The van der Waals surface area contributed by atoms with Crippen LogP contribution >= 0.6 is 0 Å². The highest BCUT2D eigenvalue weighted by Gasteiger charge is 2.04. The summed E-state index contributed by atoms with van der Waals surface area (Å²) >= 11 is 0. The number of nitrogens with zero attached hydrogens (tertiary/aromatic N) is 4. The molecule has 0 atom stereocenters. The number of unbranched alkanes of at least 4 members (excludes halogenated alkanes) is 8. The van der Waals surface area contributed by atoms with E-state index in [0.29, 0.717) is 12.8 Å². The maximum atomic E-state index is 10.1. The summed E-state index contributed by atoms with van der Waals surface area (Å²) in [5.41, 5.74) is 0. The van der Waals surface area contributed by atoms with Gasteiger partial charge >= 0.3 is 0 Å². The number of aliphatic imine (C=N–C) groups is 4. The molecule has 0 spiro atoms. The molecule has 0 aromatic carbocycles. The molecule has 0 aromatic heterocycles. The van der Waals surface area contributed by atoms with Crippen LogP contribution in [0.1, 0.15) is 70.6 Å². The van der Waals surface area contributed by atoms with Crippen molar-refractivity contribution in [3.8, 4) is 0 Å². The Kier molecular flexibility index (Phi) is 16.1. The Morgan fingerprint density at radius 2 is 0.680 bits per heavy atom. The third-order valence-corrected chi connectivity index (χ3v) is 3.73. The van der Waals surface area contributed by atoms with Gasteiger partial charge in [-0.3, -0.25) is 0 Å². The highest BCUT2D eigenvalue weighted by Crippen LogP contribution is 2.14. The van der Waals surface area contributed by atoms with Gasteiger partial charge in [0, 0.05) is 0 Å². The average molecular weight is 348 g/mol. The van der Waals surface area contributed by atoms with Crippen molar-refractivity contribution in [1.29, 1.82) is 0 Å². The standard InChI is InChI=1S/C17H24N4O4/c22-12-18-16(19-13-23)10-8-6-4-2-1-3-5-7-9-11-17(20-14-24)21-15-25/h16-17H,1-11H2. The lowest BCUT2D eigenvalue weighted by Gasteiger charge is -2.05. The largest absolute Gasteiger partial charge is 0.237 e. The molecule has 136 valence electrons. The van der Waals surface area contributed by atoms with Gasteiger partial charge in [-0.2, -0.15) is 20.0 Å². The molecule has 0 aliphatic rings. The van der Waals surface area contributed by atoms with Gasteiger partial charge in [-0.1, -0.05) is 44.9 Å². The zero-order chi connectivity index (χ0) is 18.6. The molecule has 0 rings (SSSR count). The lowest BCUT2D eigenvalue weighted by Crippen LogP contribution is -1.99. The van der Waals surface area contributed by atoms with E-state index < -0.39 is 12.3 Å². The minimum atomic E-state index is -0.633. The van der Waals surface area contributed by atoms with E-state index in [2.05, 4.69) is 20.0 Å².